The number of carbonyl (C=O) groups excluding carboxylic acids is 1. The van der Waals surface area contributed by atoms with Gasteiger partial charge in [0.25, 0.3) is 0 Å². The normalized spacial score (nSPS) is 9.30. The molecule has 0 aliphatic rings. The minimum absolute atomic E-state index is 0.116. The topological polar surface area (TPSA) is 65.0 Å². The third-order valence-corrected chi connectivity index (χ3v) is 2.65. The van der Waals surface area contributed by atoms with Crippen molar-refractivity contribution in [1.29, 1.82) is 0 Å². The van der Waals surface area contributed by atoms with Gasteiger partial charge in [-0.25, -0.2) is 4.79 Å². The third-order valence-electron chi connectivity index (χ3n) is 2.65. The number of allylic oxidation sites excluding steroid dienone is 1. The summed E-state index contributed by atoms with van der Waals surface area (Å²) in [6, 6.07) is 1.63. The Morgan fingerprint density at radius 3 is 2.65 bits per heavy atom. The summed E-state index contributed by atoms with van der Waals surface area (Å²) in [6.07, 6.45) is 2.70. The van der Waals surface area contributed by atoms with Gasteiger partial charge in [0.2, 0.25) is 5.75 Å². The number of phenols is 1. The van der Waals surface area contributed by atoms with Gasteiger partial charge in [0.05, 0.1) is 14.2 Å². The molecule has 0 heterocycles. The number of methoxy groups -OCH3 is 2. The van der Waals surface area contributed by atoms with Gasteiger partial charge in [-0.15, -0.1) is 0 Å². The van der Waals surface area contributed by atoms with Crippen molar-refractivity contribution in [3.05, 3.63) is 42.4 Å². The Labute approximate surface area is 117 Å². The molecule has 0 radical (unpaired) electrons. The van der Waals surface area contributed by atoms with Crippen molar-refractivity contribution in [1.82, 2.24) is 0 Å². The summed E-state index contributed by atoms with van der Waals surface area (Å²) in [7, 11) is 2.87. The van der Waals surface area contributed by atoms with Crippen molar-refractivity contribution in [3.8, 4) is 17.2 Å². The molecule has 0 aliphatic heterocycles. The molecule has 0 aromatic heterocycles. The number of aromatic hydroxyl groups is 1. The fraction of sp³-hybridized carbons (Fsp3) is 0.200. The second-order valence-electron chi connectivity index (χ2n) is 3.80. The first-order valence-corrected chi connectivity index (χ1v) is 5.72. The number of ether oxygens (including phenoxy) is 3. The monoisotopic (exact) mass is 276 g/mol. The van der Waals surface area contributed by atoms with Crippen LogP contribution < -0.4 is 9.47 Å². The van der Waals surface area contributed by atoms with Crippen LogP contribution in [0.4, 0.5) is 0 Å². The lowest BCUT2D eigenvalue weighted by Gasteiger charge is -2.16. The lowest BCUT2D eigenvalue weighted by molar-refractivity contribution is 0.328. The molecular formula is C15H16O5. The van der Waals surface area contributed by atoms with Gasteiger partial charge in [-0.2, -0.15) is 0 Å². The maximum absolute atomic E-state index is 10.1. The van der Waals surface area contributed by atoms with Crippen LogP contribution in [0, 0.1) is 0 Å². The Balaban J connectivity index is 3.28. The van der Waals surface area contributed by atoms with Crippen molar-refractivity contribution in [3.63, 3.8) is 0 Å². The predicted octanol–water partition coefficient (Wildman–Crippen LogP) is 2.47. The van der Waals surface area contributed by atoms with Gasteiger partial charge < -0.3 is 19.3 Å². The van der Waals surface area contributed by atoms with Crippen molar-refractivity contribution < 1.29 is 24.1 Å². The Kier molecular flexibility index (Phi) is 5.44. The van der Waals surface area contributed by atoms with Gasteiger partial charge in [-0.1, -0.05) is 19.2 Å². The Morgan fingerprint density at radius 1 is 1.45 bits per heavy atom. The number of rotatable bonds is 7. The second kappa shape index (κ2) is 7.07. The summed E-state index contributed by atoms with van der Waals surface area (Å²) >= 11 is 0. The molecule has 0 aliphatic carbocycles. The zero-order valence-electron chi connectivity index (χ0n) is 11.4. The highest BCUT2D eigenvalue weighted by Gasteiger charge is 2.18. The third kappa shape index (κ3) is 3.22. The highest BCUT2D eigenvalue weighted by molar-refractivity contribution is 5.66. The van der Waals surface area contributed by atoms with Crippen LogP contribution in [0.1, 0.15) is 11.1 Å². The van der Waals surface area contributed by atoms with Gasteiger partial charge in [0.15, 0.2) is 23.7 Å². The summed E-state index contributed by atoms with van der Waals surface area (Å²) in [5, 5.41) is 10.1. The van der Waals surface area contributed by atoms with E-state index in [1.807, 2.05) is 0 Å². The van der Waals surface area contributed by atoms with Crippen LogP contribution in [0.3, 0.4) is 0 Å². The van der Waals surface area contributed by atoms with Crippen LogP contribution >= 0.6 is 0 Å². The predicted molar refractivity (Wildman–Crippen MR) is 75.5 cm³/mol. The second-order valence-corrected chi connectivity index (χ2v) is 3.80. The van der Waals surface area contributed by atoms with Crippen molar-refractivity contribution in [2.45, 2.75) is 6.42 Å². The SMILES string of the molecule is C=Cc1cc(OC)c(O)c(OC)c1CC(=C)OC=C=O. The zero-order chi connectivity index (χ0) is 15.1. The van der Waals surface area contributed by atoms with Gasteiger partial charge in [0.1, 0.15) is 5.76 Å². The van der Waals surface area contributed by atoms with E-state index in [0.717, 1.165) is 6.26 Å². The van der Waals surface area contributed by atoms with E-state index in [1.165, 1.54) is 20.2 Å². The molecule has 0 atom stereocenters. The fourth-order valence-electron chi connectivity index (χ4n) is 1.77. The smallest absolute Gasteiger partial charge is 0.201 e. The molecule has 0 unspecified atom stereocenters. The van der Waals surface area contributed by atoms with Gasteiger partial charge >= 0.3 is 0 Å². The highest BCUT2D eigenvalue weighted by atomic mass is 16.5. The van der Waals surface area contributed by atoms with E-state index in [9.17, 15) is 9.90 Å². The van der Waals surface area contributed by atoms with Gasteiger partial charge in [-0.3, -0.25) is 0 Å². The molecule has 1 aromatic carbocycles. The van der Waals surface area contributed by atoms with E-state index in [1.54, 1.807) is 12.1 Å². The molecule has 20 heavy (non-hydrogen) atoms. The molecule has 1 N–H and O–H groups in total. The fourth-order valence-corrected chi connectivity index (χ4v) is 1.77. The van der Waals surface area contributed by atoms with E-state index in [-0.39, 0.29) is 23.7 Å². The lowest BCUT2D eigenvalue weighted by Crippen LogP contribution is -2.00. The number of phenolic OH excluding ortho intramolecular Hbond substituents is 1. The Hall–Kier alpha value is -2.65. The number of hydrogen-bond acceptors (Lipinski definition) is 5. The van der Waals surface area contributed by atoms with E-state index >= 15 is 0 Å². The minimum Gasteiger partial charge on any atom is -0.502 e. The Bertz CT molecular complexity index is 568. The molecular weight excluding hydrogens is 260 g/mol. The summed E-state index contributed by atoms with van der Waals surface area (Å²) in [4.78, 5) is 10.1. The molecule has 0 fully saturated rings. The van der Waals surface area contributed by atoms with Crippen molar-refractivity contribution in [2.24, 2.45) is 0 Å². The van der Waals surface area contributed by atoms with Crippen molar-refractivity contribution >= 4 is 12.0 Å². The quantitative estimate of drug-likeness (QED) is 0.612. The van der Waals surface area contributed by atoms with E-state index in [2.05, 4.69) is 13.2 Å². The van der Waals surface area contributed by atoms with Crippen LogP contribution in [0.15, 0.2) is 31.2 Å². The van der Waals surface area contributed by atoms with E-state index in [4.69, 9.17) is 14.2 Å². The van der Waals surface area contributed by atoms with Gasteiger partial charge in [-0.05, 0) is 11.6 Å². The van der Waals surface area contributed by atoms with Crippen LogP contribution in [0.25, 0.3) is 6.08 Å². The van der Waals surface area contributed by atoms with Crippen LogP contribution in [-0.4, -0.2) is 25.3 Å². The maximum Gasteiger partial charge on any atom is 0.201 e. The lowest BCUT2D eigenvalue weighted by atomic mass is 10.0. The minimum atomic E-state index is -0.116. The number of hydrogen-bond donors (Lipinski definition) is 1. The highest BCUT2D eigenvalue weighted by Crippen LogP contribution is 2.42. The average Bonchev–Trinajstić information content (AvgIpc) is 2.45. The number of benzene rings is 1. The first-order chi connectivity index (χ1) is 9.58. The first-order valence-electron chi connectivity index (χ1n) is 5.72. The van der Waals surface area contributed by atoms with E-state index in [0.29, 0.717) is 16.9 Å². The summed E-state index contributed by atoms with van der Waals surface area (Å²) < 4.78 is 15.2. The molecule has 5 nitrogen and oxygen atoms in total. The summed E-state index contributed by atoms with van der Waals surface area (Å²) in [5.74, 6) is 2.21. The molecule has 0 spiro atoms. The molecule has 106 valence electrons. The molecule has 1 aromatic rings. The molecule has 5 heteroatoms. The summed E-state index contributed by atoms with van der Waals surface area (Å²) in [6.45, 7) is 7.38. The molecule has 0 saturated carbocycles. The van der Waals surface area contributed by atoms with E-state index < -0.39 is 0 Å². The largest absolute Gasteiger partial charge is 0.502 e. The van der Waals surface area contributed by atoms with Crippen LogP contribution in [0.2, 0.25) is 0 Å². The van der Waals surface area contributed by atoms with Crippen molar-refractivity contribution in [2.75, 3.05) is 14.2 Å². The summed E-state index contributed by atoms with van der Waals surface area (Å²) in [5.41, 5.74) is 1.33. The molecule has 0 saturated heterocycles. The first kappa shape index (κ1) is 15.4. The molecule has 1 rings (SSSR count). The average molecular weight is 276 g/mol. The zero-order valence-corrected chi connectivity index (χ0v) is 11.4. The van der Waals surface area contributed by atoms with Crippen LogP contribution in [0.5, 0.6) is 17.2 Å². The maximum atomic E-state index is 10.1. The van der Waals surface area contributed by atoms with Gasteiger partial charge in [0, 0.05) is 12.0 Å². The standard InChI is InChI=1S/C15H16O5/c1-5-11-9-13(18-3)14(17)15(19-4)12(11)8-10(2)20-7-6-16/h5,7,9,17H,1-2,8H2,3-4H3. The molecule has 0 amide bonds. The molecule has 0 bridgehead atoms. The Morgan fingerprint density at radius 2 is 2.15 bits per heavy atom. The van der Waals surface area contributed by atoms with Crippen LogP contribution in [-0.2, 0) is 16.0 Å².